The molecule has 3 heteroatoms. The Hall–Kier alpha value is -3.40. The van der Waals surface area contributed by atoms with Crippen LogP contribution in [0.4, 0.5) is 17.1 Å². The highest BCUT2D eigenvalue weighted by molar-refractivity contribution is 5.78. The topological polar surface area (TPSA) is 18.5 Å². The maximum atomic E-state index is 3.77. The van der Waals surface area contributed by atoms with E-state index >= 15 is 0 Å². The molecule has 0 unspecified atom stereocenters. The molecule has 0 aliphatic carbocycles. The van der Waals surface area contributed by atoms with Crippen molar-refractivity contribution in [3.8, 4) is 11.1 Å². The molecule has 0 atom stereocenters. The summed E-state index contributed by atoms with van der Waals surface area (Å²) in [6, 6.07) is 35.6. The van der Waals surface area contributed by atoms with E-state index < -0.39 is 0 Å². The highest BCUT2D eigenvalue weighted by Crippen LogP contribution is 2.36. The lowest BCUT2D eigenvalue weighted by atomic mass is 9.91. The number of hydrogen-bond acceptors (Lipinski definition) is 3. The van der Waals surface area contributed by atoms with Crippen molar-refractivity contribution < 1.29 is 0 Å². The SMILES string of the molecule is Cc1ccc(N(c2ccc(C)cc2)c2ccc(-c3ccc(CCN4CC(C)(C)NC(C)(C)C4)cc3)cc2)cc1. The van der Waals surface area contributed by atoms with Gasteiger partial charge in [0.25, 0.3) is 0 Å². The largest absolute Gasteiger partial charge is 0.311 e. The summed E-state index contributed by atoms with van der Waals surface area (Å²) in [5.41, 5.74) is 10.2. The number of nitrogens with one attached hydrogen (secondary N) is 1. The van der Waals surface area contributed by atoms with Crippen molar-refractivity contribution >= 4 is 17.1 Å². The summed E-state index contributed by atoms with van der Waals surface area (Å²) in [4.78, 5) is 4.93. The quantitative estimate of drug-likeness (QED) is 0.265. The van der Waals surface area contributed by atoms with Crippen LogP contribution < -0.4 is 10.2 Å². The van der Waals surface area contributed by atoms with E-state index in [2.05, 4.69) is 154 Å². The summed E-state index contributed by atoms with van der Waals surface area (Å²) in [7, 11) is 0. The van der Waals surface area contributed by atoms with Crippen LogP contribution in [-0.2, 0) is 6.42 Å². The molecule has 1 N–H and O–H groups in total. The van der Waals surface area contributed by atoms with E-state index in [-0.39, 0.29) is 11.1 Å². The van der Waals surface area contributed by atoms with Gasteiger partial charge in [0.2, 0.25) is 0 Å². The number of aryl methyl sites for hydroxylation is 2. The molecule has 0 bridgehead atoms. The van der Waals surface area contributed by atoms with Gasteiger partial charge >= 0.3 is 0 Å². The summed E-state index contributed by atoms with van der Waals surface area (Å²) in [5.74, 6) is 0. The molecular weight excluding hydrogens is 474 g/mol. The first-order chi connectivity index (χ1) is 18.6. The summed E-state index contributed by atoms with van der Waals surface area (Å²) in [6.45, 7) is 16.8. The third kappa shape index (κ3) is 6.79. The van der Waals surface area contributed by atoms with Crippen LogP contribution in [0.5, 0.6) is 0 Å². The van der Waals surface area contributed by atoms with Gasteiger partial charge in [0, 0.05) is 47.8 Å². The number of piperazine rings is 1. The van der Waals surface area contributed by atoms with Crippen molar-refractivity contribution in [2.45, 2.75) is 59.0 Å². The lowest BCUT2D eigenvalue weighted by Crippen LogP contribution is -2.66. The Morgan fingerprint density at radius 3 is 1.41 bits per heavy atom. The predicted octanol–water partition coefficient (Wildman–Crippen LogP) is 8.45. The maximum Gasteiger partial charge on any atom is 0.0462 e. The molecule has 0 spiro atoms. The average molecular weight is 518 g/mol. The van der Waals surface area contributed by atoms with Crippen LogP contribution >= 0.6 is 0 Å². The number of nitrogens with zero attached hydrogens (tertiary/aromatic N) is 2. The van der Waals surface area contributed by atoms with Crippen molar-refractivity contribution in [3.05, 3.63) is 114 Å². The minimum Gasteiger partial charge on any atom is -0.311 e. The van der Waals surface area contributed by atoms with Crippen LogP contribution in [0.2, 0.25) is 0 Å². The molecule has 0 saturated carbocycles. The second-order valence-electron chi connectivity index (χ2n) is 12.6. The number of benzene rings is 4. The van der Waals surface area contributed by atoms with Crippen LogP contribution in [-0.4, -0.2) is 35.6 Å². The standard InChI is InChI=1S/C36H43N3/c1-27-7-17-32(18-8-27)39(33-19-9-28(2)10-20-33)34-21-15-31(16-22-34)30-13-11-29(12-14-30)23-24-38-25-35(3,4)37-36(5,6)26-38/h7-22,37H,23-26H2,1-6H3. The van der Waals surface area contributed by atoms with E-state index in [0.29, 0.717) is 0 Å². The molecule has 0 amide bonds. The fourth-order valence-corrected chi connectivity index (χ4v) is 6.12. The zero-order chi connectivity index (χ0) is 27.6. The third-order valence-electron chi connectivity index (χ3n) is 7.63. The fraction of sp³-hybridized carbons (Fsp3) is 0.333. The van der Waals surface area contributed by atoms with Crippen molar-refractivity contribution in [3.63, 3.8) is 0 Å². The number of anilines is 3. The molecular formula is C36H43N3. The van der Waals surface area contributed by atoms with Gasteiger partial charge < -0.3 is 10.2 Å². The summed E-state index contributed by atoms with van der Waals surface area (Å²) < 4.78 is 0. The van der Waals surface area contributed by atoms with Gasteiger partial charge in [-0.15, -0.1) is 0 Å². The molecule has 1 fully saturated rings. The lowest BCUT2D eigenvalue weighted by molar-refractivity contribution is 0.0792. The van der Waals surface area contributed by atoms with Crippen LogP contribution in [0.3, 0.4) is 0 Å². The molecule has 202 valence electrons. The van der Waals surface area contributed by atoms with Gasteiger partial charge in [-0.3, -0.25) is 4.90 Å². The Bertz CT molecular complexity index is 1300. The van der Waals surface area contributed by atoms with Gasteiger partial charge in [-0.05, 0) is 101 Å². The van der Waals surface area contributed by atoms with Gasteiger partial charge in [-0.2, -0.15) is 0 Å². The average Bonchev–Trinajstić information content (AvgIpc) is 2.89. The smallest absolute Gasteiger partial charge is 0.0462 e. The van der Waals surface area contributed by atoms with Crippen LogP contribution in [0, 0.1) is 13.8 Å². The highest BCUT2D eigenvalue weighted by atomic mass is 15.3. The fourth-order valence-electron chi connectivity index (χ4n) is 6.12. The Morgan fingerprint density at radius 2 is 0.974 bits per heavy atom. The molecule has 3 nitrogen and oxygen atoms in total. The molecule has 4 aromatic rings. The molecule has 5 rings (SSSR count). The van der Waals surface area contributed by atoms with Gasteiger partial charge in [0.15, 0.2) is 0 Å². The molecule has 4 aromatic carbocycles. The third-order valence-corrected chi connectivity index (χ3v) is 7.63. The van der Waals surface area contributed by atoms with Gasteiger partial charge in [0.1, 0.15) is 0 Å². The second kappa shape index (κ2) is 11.0. The van der Waals surface area contributed by atoms with Crippen LogP contribution in [0.1, 0.15) is 44.4 Å². The van der Waals surface area contributed by atoms with Gasteiger partial charge in [0.05, 0.1) is 0 Å². The van der Waals surface area contributed by atoms with Gasteiger partial charge in [-0.1, -0.05) is 71.8 Å². The summed E-state index contributed by atoms with van der Waals surface area (Å²) in [6.07, 6.45) is 1.08. The first-order valence-electron chi connectivity index (χ1n) is 14.2. The first-order valence-corrected chi connectivity index (χ1v) is 14.2. The Kier molecular flexibility index (Phi) is 7.66. The first kappa shape index (κ1) is 27.2. The molecule has 1 heterocycles. The number of rotatable bonds is 7. The monoisotopic (exact) mass is 517 g/mol. The maximum absolute atomic E-state index is 3.77. The molecule has 0 aromatic heterocycles. The van der Waals surface area contributed by atoms with Crippen molar-refractivity contribution in [2.24, 2.45) is 0 Å². The minimum absolute atomic E-state index is 0.145. The summed E-state index contributed by atoms with van der Waals surface area (Å²) in [5, 5.41) is 3.77. The van der Waals surface area contributed by atoms with E-state index in [1.54, 1.807) is 0 Å². The summed E-state index contributed by atoms with van der Waals surface area (Å²) >= 11 is 0. The number of hydrogen-bond donors (Lipinski definition) is 1. The molecule has 1 aliphatic rings. The van der Waals surface area contributed by atoms with E-state index in [0.717, 1.165) is 43.1 Å². The molecule has 39 heavy (non-hydrogen) atoms. The molecule has 1 saturated heterocycles. The van der Waals surface area contributed by atoms with Crippen molar-refractivity contribution in [1.29, 1.82) is 0 Å². The van der Waals surface area contributed by atoms with Crippen molar-refractivity contribution in [2.75, 3.05) is 24.5 Å². The van der Waals surface area contributed by atoms with E-state index in [4.69, 9.17) is 0 Å². The van der Waals surface area contributed by atoms with Gasteiger partial charge in [-0.25, -0.2) is 0 Å². The normalized spacial score (nSPS) is 16.7. The van der Waals surface area contributed by atoms with E-state index in [9.17, 15) is 0 Å². The van der Waals surface area contributed by atoms with E-state index in [1.165, 1.54) is 27.8 Å². The predicted molar refractivity (Wildman–Crippen MR) is 167 cm³/mol. The lowest BCUT2D eigenvalue weighted by Gasteiger charge is -2.48. The Labute approximate surface area is 235 Å². The zero-order valence-electron chi connectivity index (χ0n) is 24.5. The molecule has 1 aliphatic heterocycles. The highest BCUT2D eigenvalue weighted by Gasteiger charge is 2.35. The Morgan fingerprint density at radius 1 is 0.590 bits per heavy atom. The van der Waals surface area contributed by atoms with Crippen LogP contribution in [0.25, 0.3) is 11.1 Å². The second-order valence-corrected chi connectivity index (χ2v) is 12.6. The van der Waals surface area contributed by atoms with E-state index in [1.807, 2.05) is 0 Å². The zero-order valence-corrected chi connectivity index (χ0v) is 24.5. The van der Waals surface area contributed by atoms with Crippen molar-refractivity contribution in [1.82, 2.24) is 10.2 Å². The Balaban J connectivity index is 1.30. The molecule has 0 radical (unpaired) electrons. The minimum atomic E-state index is 0.145. The van der Waals surface area contributed by atoms with Crippen LogP contribution in [0.15, 0.2) is 97.1 Å².